The average Bonchev–Trinajstić information content (AvgIpc) is 3.07. The minimum absolute atomic E-state index is 0.105. The Morgan fingerprint density at radius 3 is 2.14 bits per heavy atom. The van der Waals surface area contributed by atoms with E-state index in [0.717, 1.165) is 17.0 Å². The van der Waals surface area contributed by atoms with Gasteiger partial charge in [-0.3, -0.25) is 19.2 Å². The zero-order valence-corrected chi connectivity index (χ0v) is 20.2. The van der Waals surface area contributed by atoms with Crippen molar-refractivity contribution in [3.05, 3.63) is 93.4 Å². The molecular weight excluding hydrogens is 523 g/mol. The van der Waals surface area contributed by atoms with Gasteiger partial charge in [0.1, 0.15) is 0 Å². The van der Waals surface area contributed by atoms with Crippen molar-refractivity contribution in [1.29, 1.82) is 0 Å². The number of aromatic nitrogens is 1. The number of carbonyl (C=O) groups is 2. The van der Waals surface area contributed by atoms with Gasteiger partial charge in [-0.2, -0.15) is 17.9 Å². The number of alkyl halides is 3. The first-order valence-corrected chi connectivity index (χ1v) is 12.1. The molecule has 8 nitrogen and oxygen atoms in total. The first kappa shape index (κ1) is 25.5. The highest BCUT2D eigenvalue weighted by Crippen LogP contribution is 2.41. The SMILES string of the molecule is CC(C)(c1ccc[n+]([O-])c1)N1C(=O)c2c(Cl)ccc(NS(=O)(=O)c3ccc(C(F)(F)F)cc3)c2C1=O. The number of imide groups is 1. The maximum Gasteiger partial charge on any atom is 0.416 e. The van der Waals surface area contributed by atoms with Crippen LogP contribution < -0.4 is 9.45 Å². The first-order valence-electron chi connectivity index (χ1n) is 10.3. The number of benzene rings is 2. The highest BCUT2D eigenvalue weighted by molar-refractivity contribution is 7.92. The fraction of sp³-hybridized carbons (Fsp3) is 0.174. The summed E-state index contributed by atoms with van der Waals surface area (Å²) in [5, 5.41) is 11.7. The Kier molecular flexibility index (Phi) is 6.00. The Morgan fingerprint density at radius 1 is 0.944 bits per heavy atom. The van der Waals surface area contributed by atoms with E-state index in [2.05, 4.69) is 4.72 Å². The van der Waals surface area contributed by atoms with Crippen LogP contribution in [0.5, 0.6) is 0 Å². The van der Waals surface area contributed by atoms with Crippen molar-refractivity contribution in [2.45, 2.75) is 30.5 Å². The Bertz CT molecular complexity index is 1510. The largest absolute Gasteiger partial charge is 0.619 e. The summed E-state index contributed by atoms with van der Waals surface area (Å²) in [6, 6.07) is 8.17. The maximum atomic E-state index is 13.5. The van der Waals surface area contributed by atoms with Crippen LogP contribution in [0.3, 0.4) is 0 Å². The predicted molar refractivity (Wildman–Crippen MR) is 123 cm³/mol. The normalized spacial score (nSPS) is 14.2. The number of anilines is 1. The molecule has 0 bridgehead atoms. The lowest BCUT2D eigenvalue weighted by Gasteiger charge is -2.33. The standard InChI is InChI=1S/C23H17ClF3N3O5S/c1-22(2,14-4-3-11-29(33)12-14)30-20(31)18-16(24)9-10-17(19(18)21(30)32)28-36(34,35)15-7-5-13(6-8-15)23(25,26)27/h3-12,28H,1-2H3. The minimum Gasteiger partial charge on any atom is -0.619 e. The van der Waals surface area contributed by atoms with Crippen LogP contribution in [0.2, 0.25) is 5.02 Å². The van der Waals surface area contributed by atoms with Crippen molar-refractivity contribution in [2.75, 3.05) is 4.72 Å². The van der Waals surface area contributed by atoms with E-state index in [1.54, 1.807) is 6.07 Å². The summed E-state index contributed by atoms with van der Waals surface area (Å²) >= 11 is 6.20. The van der Waals surface area contributed by atoms with Crippen LogP contribution in [0.15, 0.2) is 65.8 Å². The molecule has 0 saturated carbocycles. The molecule has 1 N–H and O–H groups in total. The molecule has 0 spiro atoms. The lowest BCUT2D eigenvalue weighted by molar-refractivity contribution is -0.606. The van der Waals surface area contributed by atoms with Gasteiger partial charge in [-0.05, 0) is 56.3 Å². The van der Waals surface area contributed by atoms with Gasteiger partial charge in [0.2, 0.25) is 0 Å². The Labute approximate surface area is 208 Å². The molecule has 3 aromatic rings. The van der Waals surface area contributed by atoms with Gasteiger partial charge in [0.25, 0.3) is 21.8 Å². The molecule has 36 heavy (non-hydrogen) atoms. The number of pyridine rings is 1. The van der Waals surface area contributed by atoms with E-state index in [1.165, 1.54) is 44.4 Å². The van der Waals surface area contributed by atoms with E-state index in [4.69, 9.17) is 11.6 Å². The van der Waals surface area contributed by atoms with Crippen molar-refractivity contribution in [3.8, 4) is 0 Å². The fourth-order valence-electron chi connectivity index (χ4n) is 3.89. The quantitative estimate of drug-likeness (QED) is 0.295. The van der Waals surface area contributed by atoms with Gasteiger partial charge < -0.3 is 5.21 Å². The van der Waals surface area contributed by atoms with Gasteiger partial charge in [0.05, 0.1) is 37.8 Å². The highest BCUT2D eigenvalue weighted by atomic mass is 35.5. The van der Waals surface area contributed by atoms with Crippen LogP contribution in [-0.4, -0.2) is 25.1 Å². The van der Waals surface area contributed by atoms with E-state index in [-0.39, 0.29) is 21.8 Å². The van der Waals surface area contributed by atoms with Gasteiger partial charge in [-0.25, -0.2) is 8.42 Å². The summed E-state index contributed by atoms with van der Waals surface area (Å²) in [4.78, 5) is 27.1. The van der Waals surface area contributed by atoms with Gasteiger partial charge in [-0.1, -0.05) is 11.6 Å². The Balaban J connectivity index is 1.75. The third-order valence-electron chi connectivity index (χ3n) is 5.77. The first-order chi connectivity index (χ1) is 16.6. The highest BCUT2D eigenvalue weighted by Gasteiger charge is 2.48. The summed E-state index contributed by atoms with van der Waals surface area (Å²) in [6.07, 6.45) is -2.23. The third kappa shape index (κ3) is 4.26. The molecule has 2 aromatic carbocycles. The number of hydrogen-bond acceptors (Lipinski definition) is 5. The van der Waals surface area contributed by atoms with Crippen LogP contribution in [0.25, 0.3) is 0 Å². The number of nitrogens with zero attached hydrogens (tertiary/aromatic N) is 2. The van der Waals surface area contributed by atoms with Crippen LogP contribution in [0, 0.1) is 5.21 Å². The second-order valence-corrected chi connectivity index (χ2v) is 10.5. The average molecular weight is 540 g/mol. The molecule has 0 aliphatic carbocycles. The molecule has 0 unspecified atom stereocenters. The van der Waals surface area contributed by atoms with E-state index in [9.17, 15) is 36.4 Å². The van der Waals surface area contributed by atoms with E-state index in [0.29, 0.717) is 22.4 Å². The topological polar surface area (TPSA) is 110 Å². The third-order valence-corrected chi connectivity index (χ3v) is 7.46. The fourth-order valence-corrected chi connectivity index (χ4v) is 5.20. The van der Waals surface area contributed by atoms with Crippen molar-refractivity contribution in [2.24, 2.45) is 0 Å². The zero-order chi connectivity index (χ0) is 26.6. The summed E-state index contributed by atoms with van der Waals surface area (Å²) in [6.45, 7) is 3.06. The Hall–Kier alpha value is -3.64. The molecule has 1 aromatic heterocycles. The monoisotopic (exact) mass is 539 g/mol. The molecule has 2 amide bonds. The number of fused-ring (bicyclic) bond motifs is 1. The van der Waals surface area contributed by atoms with Crippen LogP contribution >= 0.6 is 11.6 Å². The molecule has 188 valence electrons. The van der Waals surface area contributed by atoms with Crippen LogP contribution in [0.1, 0.15) is 45.7 Å². The maximum absolute atomic E-state index is 13.5. The molecule has 2 heterocycles. The summed E-state index contributed by atoms with van der Waals surface area (Å²) < 4.78 is 67.0. The molecule has 1 aliphatic heterocycles. The smallest absolute Gasteiger partial charge is 0.416 e. The molecule has 1 aliphatic rings. The van der Waals surface area contributed by atoms with Crippen molar-refractivity contribution >= 4 is 39.1 Å². The summed E-state index contributed by atoms with van der Waals surface area (Å²) in [7, 11) is -4.45. The number of sulfonamides is 1. The van der Waals surface area contributed by atoms with Crippen LogP contribution in [0.4, 0.5) is 18.9 Å². The minimum atomic E-state index is -4.65. The number of hydrogen-bond donors (Lipinski definition) is 1. The second kappa shape index (κ2) is 8.49. The van der Waals surface area contributed by atoms with Gasteiger partial charge in [0, 0.05) is 11.6 Å². The lowest BCUT2D eigenvalue weighted by Crippen LogP contribution is -2.46. The van der Waals surface area contributed by atoms with E-state index < -0.39 is 44.0 Å². The van der Waals surface area contributed by atoms with Gasteiger partial charge >= 0.3 is 6.18 Å². The second-order valence-electron chi connectivity index (χ2n) is 8.43. The number of halogens is 4. The molecule has 0 fully saturated rings. The Morgan fingerprint density at radius 2 is 1.56 bits per heavy atom. The lowest BCUT2D eigenvalue weighted by atomic mass is 9.93. The van der Waals surface area contributed by atoms with Gasteiger partial charge in [-0.15, -0.1) is 0 Å². The number of nitrogens with one attached hydrogen (secondary N) is 1. The van der Waals surface area contributed by atoms with Crippen molar-refractivity contribution < 1.29 is 35.9 Å². The molecule has 0 atom stereocenters. The van der Waals surface area contributed by atoms with E-state index in [1.807, 2.05) is 0 Å². The summed E-state index contributed by atoms with van der Waals surface area (Å²) in [5.41, 5.74) is -2.87. The molecule has 0 radical (unpaired) electrons. The molecule has 13 heteroatoms. The number of amides is 2. The predicted octanol–water partition coefficient (Wildman–Crippen LogP) is 4.32. The van der Waals surface area contributed by atoms with Gasteiger partial charge in [0.15, 0.2) is 12.4 Å². The molecular formula is C23H17ClF3N3O5S. The van der Waals surface area contributed by atoms with E-state index >= 15 is 0 Å². The van der Waals surface area contributed by atoms with Crippen molar-refractivity contribution in [3.63, 3.8) is 0 Å². The number of rotatable bonds is 5. The van der Waals surface area contributed by atoms with Crippen LogP contribution in [-0.2, 0) is 21.7 Å². The zero-order valence-electron chi connectivity index (χ0n) is 18.6. The molecule has 4 rings (SSSR count). The summed E-state index contributed by atoms with van der Waals surface area (Å²) in [5.74, 6) is -1.67. The van der Waals surface area contributed by atoms with Crippen molar-refractivity contribution in [1.82, 2.24) is 4.90 Å². The number of carbonyl (C=O) groups excluding carboxylic acids is 2. The molecule has 0 saturated heterocycles.